The summed E-state index contributed by atoms with van der Waals surface area (Å²) in [6, 6.07) is 6.52. The van der Waals surface area contributed by atoms with Crippen LogP contribution < -0.4 is 0 Å². The largest absolute Gasteiger partial charge is 0.395 e. The highest BCUT2D eigenvalue weighted by atomic mass is 19.1. The number of aliphatic hydroxyl groups excluding tert-OH is 1. The molecule has 0 radical (unpaired) electrons. The van der Waals surface area contributed by atoms with Crippen LogP contribution in [0.25, 0.3) is 0 Å². The molecular formula is C13H15FN2O2. The van der Waals surface area contributed by atoms with Gasteiger partial charge in [-0.15, -0.1) is 0 Å². The summed E-state index contributed by atoms with van der Waals surface area (Å²) in [6.45, 7) is 2.06. The molecule has 1 aliphatic heterocycles. The Morgan fingerprint density at radius 2 is 2.39 bits per heavy atom. The van der Waals surface area contributed by atoms with Gasteiger partial charge in [0.2, 0.25) is 0 Å². The van der Waals surface area contributed by atoms with Crippen molar-refractivity contribution in [3.63, 3.8) is 0 Å². The number of rotatable bonds is 3. The van der Waals surface area contributed by atoms with Crippen molar-refractivity contribution in [1.29, 1.82) is 5.26 Å². The van der Waals surface area contributed by atoms with Gasteiger partial charge in [0.25, 0.3) is 0 Å². The molecule has 1 fully saturated rings. The predicted octanol–water partition coefficient (Wildman–Crippen LogP) is 0.890. The molecule has 0 saturated carbocycles. The number of ether oxygens (including phenoxy) is 1. The third-order valence-electron chi connectivity index (χ3n) is 3.13. The molecule has 96 valence electrons. The van der Waals surface area contributed by atoms with Crippen LogP contribution in [0.4, 0.5) is 4.39 Å². The van der Waals surface area contributed by atoms with Crippen LogP contribution in [0.2, 0.25) is 0 Å². The van der Waals surface area contributed by atoms with Gasteiger partial charge in [-0.3, -0.25) is 4.90 Å². The number of nitriles is 1. The quantitative estimate of drug-likeness (QED) is 0.865. The molecule has 1 unspecified atom stereocenters. The van der Waals surface area contributed by atoms with Crippen LogP contribution in [-0.4, -0.2) is 42.4 Å². The van der Waals surface area contributed by atoms with Gasteiger partial charge in [-0.2, -0.15) is 5.26 Å². The monoisotopic (exact) mass is 250 g/mol. The lowest BCUT2D eigenvalue weighted by Crippen LogP contribution is -2.46. The van der Waals surface area contributed by atoms with Crippen LogP contribution in [0.15, 0.2) is 18.2 Å². The van der Waals surface area contributed by atoms with Gasteiger partial charge in [-0.25, -0.2) is 4.39 Å². The number of benzene rings is 1. The van der Waals surface area contributed by atoms with Crippen molar-refractivity contribution < 1.29 is 14.2 Å². The SMILES string of the molecule is N#Cc1cccc(CN2CCOCC2CO)c1F. The highest BCUT2D eigenvalue weighted by molar-refractivity contribution is 5.34. The molecular weight excluding hydrogens is 235 g/mol. The van der Waals surface area contributed by atoms with E-state index in [4.69, 9.17) is 10.00 Å². The van der Waals surface area contributed by atoms with E-state index >= 15 is 0 Å². The fourth-order valence-electron chi connectivity index (χ4n) is 2.07. The van der Waals surface area contributed by atoms with Crippen LogP contribution in [0.1, 0.15) is 11.1 Å². The summed E-state index contributed by atoms with van der Waals surface area (Å²) >= 11 is 0. The first-order chi connectivity index (χ1) is 8.76. The molecule has 1 aliphatic rings. The van der Waals surface area contributed by atoms with Crippen molar-refractivity contribution in [3.05, 3.63) is 35.1 Å². The molecule has 1 saturated heterocycles. The Labute approximate surface area is 105 Å². The third kappa shape index (κ3) is 2.67. The lowest BCUT2D eigenvalue weighted by molar-refractivity contribution is -0.0316. The highest BCUT2D eigenvalue weighted by Gasteiger charge is 2.23. The van der Waals surface area contributed by atoms with E-state index in [2.05, 4.69) is 0 Å². The van der Waals surface area contributed by atoms with E-state index in [9.17, 15) is 9.50 Å². The summed E-state index contributed by atoms with van der Waals surface area (Å²) in [6.07, 6.45) is 0. The first-order valence-electron chi connectivity index (χ1n) is 5.86. The molecule has 0 aromatic heterocycles. The van der Waals surface area contributed by atoms with Crippen molar-refractivity contribution in [3.8, 4) is 6.07 Å². The van der Waals surface area contributed by atoms with Gasteiger partial charge in [-0.1, -0.05) is 12.1 Å². The van der Waals surface area contributed by atoms with Gasteiger partial charge >= 0.3 is 0 Å². The van der Waals surface area contributed by atoms with Crippen LogP contribution in [0.3, 0.4) is 0 Å². The molecule has 1 aromatic carbocycles. The minimum absolute atomic E-state index is 0.0143. The minimum Gasteiger partial charge on any atom is -0.395 e. The summed E-state index contributed by atoms with van der Waals surface area (Å²) in [5.41, 5.74) is 0.538. The van der Waals surface area contributed by atoms with Crippen molar-refractivity contribution >= 4 is 0 Å². The van der Waals surface area contributed by atoms with Crippen molar-refractivity contribution in [1.82, 2.24) is 4.90 Å². The Hall–Kier alpha value is -1.48. The Morgan fingerprint density at radius 3 is 3.11 bits per heavy atom. The molecule has 1 heterocycles. The summed E-state index contributed by atoms with van der Waals surface area (Å²) in [4.78, 5) is 1.98. The molecule has 18 heavy (non-hydrogen) atoms. The maximum absolute atomic E-state index is 13.9. The van der Waals surface area contributed by atoms with Crippen LogP contribution in [0, 0.1) is 17.1 Å². The van der Waals surface area contributed by atoms with Crippen molar-refractivity contribution in [2.75, 3.05) is 26.4 Å². The van der Waals surface area contributed by atoms with Crippen molar-refractivity contribution in [2.24, 2.45) is 0 Å². The molecule has 4 nitrogen and oxygen atoms in total. The van der Waals surface area contributed by atoms with E-state index in [1.54, 1.807) is 12.1 Å². The molecule has 1 atom stereocenters. The lowest BCUT2D eigenvalue weighted by Gasteiger charge is -2.34. The first-order valence-corrected chi connectivity index (χ1v) is 5.86. The minimum atomic E-state index is -0.469. The Morgan fingerprint density at radius 1 is 1.56 bits per heavy atom. The molecule has 1 aromatic rings. The first kappa shape index (κ1) is 13.0. The maximum atomic E-state index is 13.9. The van der Waals surface area contributed by atoms with Crippen LogP contribution in [-0.2, 0) is 11.3 Å². The molecule has 0 spiro atoms. The fourth-order valence-corrected chi connectivity index (χ4v) is 2.07. The van der Waals surface area contributed by atoms with Gasteiger partial charge in [0.1, 0.15) is 11.9 Å². The van der Waals surface area contributed by atoms with E-state index in [-0.39, 0.29) is 18.2 Å². The predicted molar refractivity (Wildman–Crippen MR) is 63.2 cm³/mol. The number of hydrogen-bond acceptors (Lipinski definition) is 4. The van der Waals surface area contributed by atoms with Gasteiger partial charge < -0.3 is 9.84 Å². The Balaban J connectivity index is 2.15. The molecule has 1 N–H and O–H groups in total. The van der Waals surface area contributed by atoms with E-state index in [1.165, 1.54) is 6.07 Å². The standard InChI is InChI=1S/C13H15FN2O2/c14-13-10(6-15)2-1-3-11(13)7-16-4-5-18-9-12(16)8-17/h1-3,12,17H,4-5,7-9H2. The van der Waals surface area contributed by atoms with E-state index < -0.39 is 5.82 Å². The average Bonchev–Trinajstić information content (AvgIpc) is 2.42. The number of morpholine rings is 1. The second-order valence-electron chi connectivity index (χ2n) is 4.27. The van der Waals surface area contributed by atoms with Crippen LogP contribution >= 0.6 is 0 Å². The zero-order valence-electron chi connectivity index (χ0n) is 9.97. The van der Waals surface area contributed by atoms with Gasteiger partial charge in [0, 0.05) is 18.7 Å². The van der Waals surface area contributed by atoms with E-state index in [1.807, 2.05) is 11.0 Å². The van der Waals surface area contributed by atoms with Gasteiger partial charge in [-0.05, 0) is 6.07 Å². The molecule has 0 aliphatic carbocycles. The zero-order chi connectivity index (χ0) is 13.0. The average molecular weight is 250 g/mol. The second kappa shape index (κ2) is 5.91. The van der Waals surface area contributed by atoms with E-state index in [0.29, 0.717) is 31.9 Å². The third-order valence-corrected chi connectivity index (χ3v) is 3.13. The Kier molecular flexibility index (Phi) is 4.26. The smallest absolute Gasteiger partial charge is 0.145 e. The molecule has 5 heteroatoms. The fraction of sp³-hybridized carbons (Fsp3) is 0.462. The second-order valence-corrected chi connectivity index (χ2v) is 4.27. The highest BCUT2D eigenvalue weighted by Crippen LogP contribution is 2.17. The summed E-state index contributed by atoms with van der Waals surface area (Å²) in [5.74, 6) is -0.469. The summed E-state index contributed by atoms with van der Waals surface area (Å²) in [7, 11) is 0. The van der Waals surface area contributed by atoms with E-state index in [0.717, 1.165) is 0 Å². The summed E-state index contributed by atoms with van der Waals surface area (Å²) < 4.78 is 19.2. The van der Waals surface area contributed by atoms with Crippen molar-refractivity contribution in [2.45, 2.75) is 12.6 Å². The number of aliphatic hydroxyl groups is 1. The lowest BCUT2D eigenvalue weighted by atomic mass is 10.1. The summed E-state index contributed by atoms with van der Waals surface area (Å²) in [5, 5.41) is 18.0. The number of hydrogen-bond donors (Lipinski definition) is 1. The molecule has 0 amide bonds. The normalized spacial score (nSPS) is 20.6. The topological polar surface area (TPSA) is 56.5 Å². The van der Waals surface area contributed by atoms with Crippen LogP contribution in [0.5, 0.6) is 0 Å². The Bertz CT molecular complexity index is 459. The maximum Gasteiger partial charge on any atom is 0.145 e. The zero-order valence-corrected chi connectivity index (χ0v) is 9.97. The van der Waals surface area contributed by atoms with Gasteiger partial charge in [0.05, 0.1) is 31.4 Å². The number of halogens is 1. The number of nitrogens with zero attached hydrogens (tertiary/aromatic N) is 2. The molecule has 0 bridgehead atoms. The molecule has 2 rings (SSSR count). The van der Waals surface area contributed by atoms with Gasteiger partial charge in [0.15, 0.2) is 0 Å².